The van der Waals surface area contributed by atoms with E-state index >= 15 is 0 Å². The Hall–Kier alpha value is -2.79. The van der Waals surface area contributed by atoms with Crippen LogP contribution in [-0.4, -0.2) is 24.5 Å². The van der Waals surface area contributed by atoms with Crippen LogP contribution in [0.15, 0.2) is 54.6 Å². The van der Waals surface area contributed by atoms with Crippen LogP contribution in [-0.2, 0) is 4.79 Å². The number of benzene rings is 2. The Morgan fingerprint density at radius 1 is 1.27 bits per heavy atom. The number of halogens is 1. The van der Waals surface area contributed by atoms with E-state index in [4.69, 9.17) is 16.3 Å². The van der Waals surface area contributed by atoms with E-state index in [0.717, 1.165) is 5.57 Å². The van der Waals surface area contributed by atoms with Crippen molar-refractivity contribution in [2.75, 3.05) is 16.8 Å². The summed E-state index contributed by atoms with van der Waals surface area (Å²) in [5.74, 6) is 0.186. The summed E-state index contributed by atoms with van der Waals surface area (Å²) in [4.78, 5) is 26.4. The molecule has 1 unspecified atom stereocenters. The van der Waals surface area contributed by atoms with Crippen molar-refractivity contribution in [3.63, 3.8) is 0 Å². The van der Waals surface area contributed by atoms with Crippen molar-refractivity contribution in [2.45, 2.75) is 20.0 Å². The van der Waals surface area contributed by atoms with Gasteiger partial charge in [-0.2, -0.15) is 0 Å². The highest BCUT2D eigenvalue weighted by Crippen LogP contribution is 2.36. The second-order valence-electron chi connectivity index (χ2n) is 6.29. The van der Waals surface area contributed by atoms with Crippen LogP contribution < -0.4 is 15.0 Å². The maximum absolute atomic E-state index is 12.4. The number of carbonyl (C=O) groups is 2. The first-order valence-corrected chi connectivity index (χ1v) is 8.56. The fourth-order valence-electron chi connectivity index (χ4n) is 2.73. The van der Waals surface area contributed by atoms with Gasteiger partial charge in [0.2, 0.25) is 0 Å². The molecule has 0 bridgehead atoms. The number of nitrogens with zero attached hydrogens (tertiary/aromatic N) is 1. The molecule has 0 radical (unpaired) electrons. The van der Waals surface area contributed by atoms with E-state index in [0.29, 0.717) is 34.3 Å². The van der Waals surface area contributed by atoms with Gasteiger partial charge in [-0.15, -0.1) is 0 Å². The lowest BCUT2D eigenvalue weighted by Crippen LogP contribution is -2.45. The number of amides is 2. The number of carbonyl (C=O) groups excluding carboxylic acids is 2. The van der Waals surface area contributed by atoms with Crippen LogP contribution >= 0.6 is 11.6 Å². The van der Waals surface area contributed by atoms with Gasteiger partial charge in [0.25, 0.3) is 11.8 Å². The molecule has 26 heavy (non-hydrogen) atoms. The second-order valence-corrected chi connectivity index (χ2v) is 6.72. The number of hydrogen-bond acceptors (Lipinski definition) is 3. The largest absolute Gasteiger partial charge is 0.479 e. The van der Waals surface area contributed by atoms with Gasteiger partial charge in [-0.05, 0) is 50.2 Å². The molecule has 134 valence electrons. The summed E-state index contributed by atoms with van der Waals surface area (Å²) in [6.07, 6.45) is -0.593. The summed E-state index contributed by atoms with van der Waals surface area (Å²) in [7, 11) is 0. The monoisotopic (exact) mass is 370 g/mol. The van der Waals surface area contributed by atoms with E-state index in [9.17, 15) is 9.59 Å². The molecular formula is C20H19ClN2O3. The van der Waals surface area contributed by atoms with E-state index in [2.05, 4.69) is 11.9 Å². The molecule has 1 heterocycles. The molecule has 0 fully saturated rings. The fraction of sp³-hybridized carbons (Fsp3) is 0.200. The highest BCUT2D eigenvalue weighted by Gasteiger charge is 2.31. The zero-order valence-electron chi connectivity index (χ0n) is 14.6. The molecule has 0 spiro atoms. The SMILES string of the molecule is C=C(C)CN1C(=O)C(C)Oc2cc(NC(=O)c3ccc(Cl)cc3)ccc21. The molecule has 2 aromatic carbocycles. The molecule has 1 N–H and O–H groups in total. The van der Waals surface area contributed by atoms with Crippen LogP contribution in [0.2, 0.25) is 5.02 Å². The molecule has 3 rings (SSSR count). The van der Waals surface area contributed by atoms with Gasteiger partial charge in [-0.1, -0.05) is 23.8 Å². The summed E-state index contributed by atoms with van der Waals surface area (Å²) in [5.41, 5.74) is 2.63. The van der Waals surface area contributed by atoms with Gasteiger partial charge in [0.15, 0.2) is 6.10 Å². The predicted octanol–water partition coefficient (Wildman–Crippen LogP) is 4.28. The Kier molecular flexibility index (Phi) is 5.00. The molecule has 0 saturated carbocycles. The van der Waals surface area contributed by atoms with Crippen molar-refractivity contribution in [2.24, 2.45) is 0 Å². The molecule has 2 aromatic rings. The third kappa shape index (κ3) is 3.73. The topological polar surface area (TPSA) is 58.6 Å². The average Bonchev–Trinajstić information content (AvgIpc) is 2.59. The standard InChI is InChI=1S/C20H19ClN2O3/c1-12(2)11-23-17-9-8-16(10-18(17)26-13(3)20(23)25)22-19(24)14-4-6-15(21)7-5-14/h4-10,13H,1,11H2,2-3H3,(H,22,24). The van der Waals surface area contributed by atoms with Gasteiger partial charge in [-0.25, -0.2) is 0 Å². The summed E-state index contributed by atoms with van der Waals surface area (Å²) >= 11 is 5.84. The van der Waals surface area contributed by atoms with Crippen molar-refractivity contribution in [3.05, 3.63) is 65.2 Å². The molecule has 0 saturated heterocycles. The lowest BCUT2D eigenvalue weighted by Gasteiger charge is -2.33. The van der Waals surface area contributed by atoms with Crippen molar-refractivity contribution in [1.82, 2.24) is 0 Å². The van der Waals surface area contributed by atoms with Crippen LogP contribution in [0.4, 0.5) is 11.4 Å². The second kappa shape index (κ2) is 7.22. The van der Waals surface area contributed by atoms with Gasteiger partial charge in [0.05, 0.1) is 5.69 Å². The molecule has 0 aliphatic carbocycles. The number of anilines is 2. The Morgan fingerprint density at radius 2 is 1.96 bits per heavy atom. The number of fused-ring (bicyclic) bond motifs is 1. The van der Waals surface area contributed by atoms with Crippen LogP contribution in [0, 0.1) is 0 Å². The van der Waals surface area contributed by atoms with E-state index in [1.165, 1.54) is 0 Å². The van der Waals surface area contributed by atoms with Crippen molar-refractivity contribution in [3.8, 4) is 5.75 Å². The molecule has 1 aliphatic rings. The van der Waals surface area contributed by atoms with E-state index < -0.39 is 6.10 Å². The number of ether oxygens (including phenoxy) is 1. The van der Waals surface area contributed by atoms with Gasteiger partial charge in [0, 0.05) is 28.9 Å². The quantitative estimate of drug-likeness (QED) is 0.817. The highest BCUT2D eigenvalue weighted by molar-refractivity contribution is 6.30. The van der Waals surface area contributed by atoms with Crippen LogP contribution in [0.3, 0.4) is 0 Å². The molecule has 1 atom stereocenters. The smallest absolute Gasteiger partial charge is 0.268 e. The first kappa shape index (κ1) is 18.0. The Labute approximate surface area is 157 Å². The minimum absolute atomic E-state index is 0.113. The third-order valence-corrected chi connectivity index (χ3v) is 4.21. The summed E-state index contributed by atoms with van der Waals surface area (Å²) < 4.78 is 5.71. The first-order valence-electron chi connectivity index (χ1n) is 8.18. The predicted molar refractivity (Wildman–Crippen MR) is 103 cm³/mol. The van der Waals surface area contributed by atoms with E-state index in [-0.39, 0.29) is 11.8 Å². The van der Waals surface area contributed by atoms with Crippen LogP contribution in [0.25, 0.3) is 0 Å². The summed E-state index contributed by atoms with van der Waals surface area (Å²) in [6.45, 7) is 7.88. The average molecular weight is 371 g/mol. The van der Waals surface area contributed by atoms with E-state index in [1.807, 2.05) is 6.92 Å². The maximum atomic E-state index is 12.4. The normalized spacial score (nSPS) is 15.9. The van der Waals surface area contributed by atoms with Gasteiger partial charge >= 0.3 is 0 Å². The van der Waals surface area contributed by atoms with Crippen molar-refractivity contribution >= 4 is 34.8 Å². The molecular weight excluding hydrogens is 352 g/mol. The molecule has 1 aliphatic heterocycles. The zero-order valence-corrected chi connectivity index (χ0v) is 15.3. The van der Waals surface area contributed by atoms with Gasteiger partial charge in [0.1, 0.15) is 5.75 Å². The van der Waals surface area contributed by atoms with Crippen molar-refractivity contribution < 1.29 is 14.3 Å². The lowest BCUT2D eigenvalue weighted by atomic mass is 10.1. The van der Waals surface area contributed by atoms with E-state index in [1.54, 1.807) is 54.3 Å². The number of hydrogen-bond donors (Lipinski definition) is 1. The minimum Gasteiger partial charge on any atom is -0.479 e. The molecule has 6 heteroatoms. The Morgan fingerprint density at radius 3 is 2.62 bits per heavy atom. The summed E-state index contributed by atoms with van der Waals surface area (Å²) in [5, 5.41) is 3.40. The number of rotatable bonds is 4. The van der Waals surface area contributed by atoms with Gasteiger partial charge in [-0.3, -0.25) is 9.59 Å². The zero-order chi connectivity index (χ0) is 18.8. The molecule has 0 aromatic heterocycles. The van der Waals surface area contributed by atoms with Crippen LogP contribution in [0.1, 0.15) is 24.2 Å². The molecule has 2 amide bonds. The highest BCUT2D eigenvalue weighted by atomic mass is 35.5. The summed E-state index contributed by atoms with van der Waals surface area (Å²) in [6, 6.07) is 11.9. The van der Waals surface area contributed by atoms with Crippen LogP contribution in [0.5, 0.6) is 5.75 Å². The fourth-order valence-corrected chi connectivity index (χ4v) is 2.85. The maximum Gasteiger partial charge on any atom is 0.268 e. The third-order valence-electron chi connectivity index (χ3n) is 3.96. The Balaban J connectivity index is 1.85. The van der Waals surface area contributed by atoms with Gasteiger partial charge < -0.3 is 15.0 Å². The molecule has 5 nitrogen and oxygen atoms in total. The Bertz CT molecular complexity index is 877. The first-order chi connectivity index (χ1) is 12.3. The van der Waals surface area contributed by atoms with Crippen molar-refractivity contribution in [1.29, 1.82) is 0 Å². The number of nitrogens with one attached hydrogen (secondary N) is 1. The lowest BCUT2D eigenvalue weighted by molar-refractivity contribution is -0.125. The minimum atomic E-state index is -0.593.